The first-order valence-corrected chi connectivity index (χ1v) is 6.49. The fourth-order valence-electron chi connectivity index (χ4n) is 2.44. The molecular weight excluding hydrogens is 240 g/mol. The summed E-state index contributed by atoms with van der Waals surface area (Å²) in [7, 11) is 1.73. The highest BCUT2D eigenvalue weighted by Crippen LogP contribution is 2.29. The molecule has 1 N–H and O–H groups in total. The molecular formula is C14H20N4O. The molecule has 2 rings (SSSR count). The van der Waals surface area contributed by atoms with Gasteiger partial charge in [-0.3, -0.25) is 0 Å². The molecule has 0 unspecified atom stereocenters. The summed E-state index contributed by atoms with van der Waals surface area (Å²) < 4.78 is 5.44. The molecule has 0 aliphatic rings. The van der Waals surface area contributed by atoms with Crippen LogP contribution in [0.4, 0.5) is 0 Å². The van der Waals surface area contributed by atoms with Gasteiger partial charge in [-0.2, -0.15) is 5.21 Å². The van der Waals surface area contributed by atoms with Crippen LogP contribution in [0, 0.1) is 20.8 Å². The Bertz CT molecular complexity index is 549. The molecule has 0 saturated heterocycles. The van der Waals surface area contributed by atoms with Crippen molar-refractivity contribution in [2.24, 2.45) is 0 Å². The third kappa shape index (κ3) is 2.92. The number of nitrogens with zero attached hydrogens (tertiary/aromatic N) is 3. The molecule has 0 spiro atoms. The van der Waals surface area contributed by atoms with Crippen LogP contribution in [0.5, 0.6) is 5.75 Å². The second-order valence-corrected chi connectivity index (χ2v) is 4.82. The molecule has 1 aromatic heterocycles. The Kier molecular flexibility index (Phi) is 4.14. The molecule has 0 atom stereocenters. The van der Waals surface area contributed by atoms with Gasteiger partial charge in [0, 0.05) is 6.42 Å². The van der Waals surface area contributed by atoms with Crippen molar-refractivity contribution < 1.29 is 4.74 Å². The SMILES string of the molecule is COc1c(C)cc(CCCc2nn[nH]n2)c(C)c1C. The van der Waals surface area contributed by atoms with Gasteiger partial charge in [0.1, 0.15) is 5.75 Å². The number of ether oxygens (including phenoxy) is 1. The van der Waals surface area contributed by atoms with E-state index >= 15 is 0 Å². The van der Waals surface area contributed by atoms with E-state index in [1.54, 1.807) is 7.11 Å². The summed E-state index contributed by atoms with van der Waals surface area (Å²) in [6, 6.07) is 2.22. The van der Waals surface area contributed by atoms with Crippen molar-refractivity contribution in [2.45, 2.75) is 40.0 Å². The number of hydrogen-bond acceptors (Lipinski definition) is 4. The molecule has 1 aromatic carbocycles. The fraction of sp³-hybridized carbons (Fsp3) is 0.500. The van der Waals surface area contributed by atoms with Gasteiger partial charge < -0.3 is 4.74 Å². The van der Waals surface area contributed by atoms with Gasteiger partial charge in [0.05, 0.1) is 7.11 Å². The Balaban J connectivity index is 2.08. The van der Waals surface area contributed by atoms with Gasteiger partial charge in [-0.1, -0.05) is 11.3 Å². The van der Waals surface area contributed by atoms with Gasteiger partial charge >= 0.3 is 0 Å². The standard InChI is InChI=1S/C14H20N4O/c1-9-8-12(10(2)11(3)14(9)19-4)6-5-7-13-15-17-18-16-13/h8H,5-7H2,1-4H3,(H,15,16,17,18). The van der Waals surface area contributed by atoms with Crippen LogP contribution < -0.4 is 4.74 Å². The van der Waals surface area contributed by atoms with Crippen molar-refractivity contribution in [3.05, 3.63) is 34.1 Å². The molecule has 102 valence electrons. The van der Waals surface area contributed by atoms with Gasteiger partial charge in [0.2, 0.25) is 0 Å². The predicted octanol–water partition coefficient (Wildman–Crippen LogP) is 2.31. The maximum absolute atomic E-state index is 5.44. The molecule has 5 nitrogen and oxygen atoms in total. The molecule has 0 saturated carbocycles. The quantitative estimate of drug-likeness (QED) is 0.896. The number of hydrogen-bond donors (Lipinski definition) is 1. The minimum Gasteiger partial charge on any atom is -0.496 e. The lowest BCUT2D eigenvalue weighted by molar-refractivity contribution is 0.408. The fourth-order valence-corrected chi connectivity index (χ4v) is 2.44. The largest absolute Gasteiger partial charge is 0.496 e. The lowest BCUT2D eigenvalue weighted by atomic mass is 9.95. The monoisotopic (exact) mass is 260 g/mol. The molecule has 0 radical (unpaired) electrons. The number of nitrogens with one attached hydrogen (secondary N) is 1. The maximum Gasteiger partial charge on any atom is 0.174 e. The second kappa shape index (κ2) is 5.82. The topological polar surface area (TPSA) is 63.7 Å². The van der Waals surface area contributed by atoms with Crippen molar-refractivity contribution in [3.8, 4) is 5.75 Å². The number of tetrazole rings is 1. The molecule has 19 heavy (non-hydrogen) atoms. The van der Waals surface area contributed by atoms with Crippen LogP contribution in [0.1, 0.15) is 34.5 Å². The van der Waals surface area contributed by atoms with Crippen molar-refractivity contribution >= 4 is 0 Å². The van der Waals surface area contributed by atoms with E-state index in [0.717, 1.165) is 30.8 Å². The molecule has 0 aliphatic heterocycles. The highest BCUT2D eigenvalue weighted by molar-refractivity contribution is 5.49. The van der Waals surface area contributed by atoms with Crippen LogP contribution >= 0.6 is 0 Å². The van der Waals surface area contributed by atoms with E-state index in [-0.39, 0.29) is 0 Å². The third-order valence-electron chi connectivity index (χ3n) is 3.57. The van der Waals surface area contributed by atoms with Crippen molar-refractivity contribution in [1.82, 2.24) is 20.6 Å². The summed E-state index contributed by atoms with van der Waals surface area (Å²) >= 11 is 0. The Morgan fingerprint density at radius 2 is 1.95 bits per heavy atom. The summed E-state index contributed by atoms with van der Waals surface area (Å²) in [6.45, 7) is 6.36. The van der Waals surface area contributed by atoms with Crippen molar-refractivity contribution in [1.29, 1.82) is 0 Å². The van der Waals surface area contributed by atoms with Gasteiger partial charge in [-0.15, -0.1) is 10.2 Å². The molecule has 5 heteroatoms. The summed E-state index contributed by atoms with van der Waals surface area (Å²) in [6.07, 6.45) is 2.89. The summed E-state index contributed by atoms with van der Waals surface area (Å²) in [5, 5.41) is 14.0. The third-order valence-corrected chi connectivity index (χ3v) is 3.57. The number of aromatic nitrogens is 4. The van der Waals surface area contributed by atoms with Crippen LogP contribution in [0.25, 0.3) is 0 Å². The minimum atomic E-state index is 0.777. The number of H-pyrrole nitrogens is 1. The average Bonchev–Trinajstić information content (AvgIpc) is 2.89. The van der Waals surface area contributed by atoms with E-state index in [9.17, 15) is 0 Å². The summed E-state index contributed by atoms with van der Waals surface area (Å²) in [4.78, 5) is 0. The van der Waals surface area contributed by atoms with Crippen LogP contribution in [-0.4, -0.2) is 27.7 Å². The Hall–Kier alpha value is -1.91. The molecule has 1 heterocycles. The van der Waals surface area contributed by atoms with E-state index < -0.39 is 0 Å². The van der Waals surface area contributed by atoms with Crippen molar-refractivity contribution in [3.63, 3.8) is 0 Å². The Morgan fingerprint density at radius 3 is 2.58 bits per heavy atom. The lowest BCUT2D eigenvalue weighted by Crippen LogP contribution is -2.00. The van der Waals surface area contributed by atoms with E-state index in [1.807, 2.05) is 0 Å². The zero-order chi connectivity index (χ0) is 13.8. The van der Waals surface area contributed by atoms with Gasteiger partial charge in [0.15, 0.2) is 5.82 Å². The highest BCUT2D eigenvalue weighted by atomic mass is 16.5. The van der Waals surface area contributed by atoms with E-state index in [2.05, 4.69) is 47.5 Å². The first-order valence-electron chi connectivity index (χ1n) is 6.49. The van der Waals surface area contributed by atoms with E-state index in [4.69, 9.17) is 4.74 Å². The first kappa shape index (κ1) is 13.5. The molecule has 0 aliphatic carbocycles. The Labute approximate surface area is 113 Å². The van der Waals surface area contributed by atoms with Crippen LogP contribution in [-0.2, 0) is 12.8 Å². The van der Waals surface area contributed by atoms with E-state index in [1.165, 1.54) is 22.3 Å². The maximum atomic E-state index is 5.44. The number of rotatable bonds is 5. The summed E-state index contributed by atoms with van der Waals surface area (Å²) in [5.41, 5.74) is 5.12. The number of aromatic amines is 1. The lowest BCUT2D eigenvalue weighted by Gasteiger charge is -2.15. The second-order valence-electron chi connectivity index (χ2n) is 4.82. The number of benzene rings is 1. The van der Waals surface area contributed by atoms with Crippen LogP contribution in [0.15, 0.2) is 6.07 Å². The zero-order valence-corrected chi connectivity index (χ0v) is 11.9. The van der Waals surface area contributed by atoms with Crippen LogP contribution in [0.2, 0.25) is 0 Å². The zero-order valence-electron chi connectivity index (χ0n) is 11.9. The molecule has 0 bridgehead atoms. The highest BCUT2D eigenvalue weighted by Gasteiger charge is 2.10. The van der Waals surface area contributed by atoms with E-state index in [0.29, 0.717) is 0 Å². The molecule has 2 aromatic rings. The minimum absolute atomic E-state index is 0.777. The normalized spacial score (nSPS) is 10.7. The predicted molar refractivity (Wildman–Crippen MR) is 73.4 cm³/mol. The molecule has 0 fully saturated rings. The number of methoxy groups -OCH3 is 1. The Morgan fingerprint density at radius 1 is 1.16 bits per heavy atom. The first-order chi connectivity index (χ1) is 9.13. The number of aryl methyl sites for hydroxylation is 3. The average molecular weight is 260 g/mol. The smallest absolute Gasteiger partial charge is 0.174 e. The summed E-state index contributed by atoms with van der Waals surface area (Å²) in [5.74, 6) is 1.78. The van der Waals surface area contributed by atoms with Gasteiger partial charge in [0.25, 0.3) is 0 Å². The van der Waals surface area contributed by atoms with Crippen LogP contribution in [0.3, 0.4) is 0 Å². The molecule has 0 amide bonds. The van der Waals surface area contributed by atoms with Gasteiger partial charge in [-0.05, 0) is 55.9 Å². The van der Waals surface area contributed by atoms with Gasteiger partial charge in [-0.25, -0.2) is 0 Å². The van der Waals surface area contributed by atoms with Crippen molar-refractivity contribution in [2.75, 3.05) is 7.11 Å².